The lowest BCUT2D eigenvalue weighted by Crippen LogP contribution is -2.33. The second-order valence-corrected chi connectivity index (χ2v) is 5.37. The molecule has 1 aromatic carbocycles. The third kappa shape index (κ3) is 2.00. The smallest absolute Gasteiger partial charge is 0.321 e. The van der Waals surface area contributed by atoms with Gasteiger partial charge < -0.3 is 9.84 Å². The van der Waals surface area contributed by atoms with Crippen LogP contribution in [0.15, 0.2) is 18.2 Å². The molecular weight excluding hydrogens is 238 g/mol. The number of carboxylic acid groups (broad SMARTS) is 1. The first-order valence-electron chi connectivity index (χ1n) is 5.60. The molecule has 1 saturated heterocycles. The Bertz CT molecular complexity index is 463. The molecule has 1 fully saturated rings. The lowest BCUT2D eigenvalue weighted by Gasteiger charge is -2.12. The van der Waals surface area contributed by atoms with E-state index in [0.29, 0.717) is 5.75 Å². The van der Waals surface area contributed by atoms with Gasteiger partial charge in [-0.2, -0.15) is 0 Å². The SMILES string of the molecule is O=C(O)[C@@H]1CSC(c2ccc3c(c2)CCO3)N1. The van der Waals surface area contributed by atoms with E-state index in [1.165, 1.54) is 5.56 Å². The van der Waals surface area contributed by atoms with Crippen molar-refractivity contribution in [2.24, 2.45) is 0 Å². The minimum Gasteiger partial charge on any atom is -0.493 e. The van der Waals surface area contributed by atoms with Crippen LogP contribution in [0.4, 0.5) is 0 Å². The zero-order chi connectivity index (χ0) is 11.8. The minimum atomic E-state index is -0.774. The number of thioether (sulfide) groups is 1. The first-order chi connectivity index (χ1) is 8.24. The minimum absolute atomic E-state index is 0.0852. The number of hydrogen-bond acceptors (Lipinski definition) is 4. The van der Waals surface area contributed by atoms with E-state index in [9.17, 15) is 4.79 Å². The van der Waals surface area contributed by atoms with Crippen LogP contribution in [0.3, 0.4) is 0 Å². The number of ether oxygens (including phenoxy) is 1. The second kappa shape index (κ2) is 4.23. The summed E-state index contributed by atoms with van der Waals surface area (Å²) in [7, 11) is 0. The molecule has 17 heavy (non-hydrogen) atoms. The standard InChI is InChI=1S/C12H13NO3S/c14-12(15)9-6-17-11(13-9)8-1-2-10-7(5-8)3-4-16-10/h1-2,5,9,11,13H,3-4,6H2,(H,14,15)/t9-,11?/m0/s1. The highest BCUT2D eigenvalue weighted by Crippen LogP contribution is 2.36. The van der Waals surface area contributed by atoms with E-state index in [4.69, 9.17) is 9.84 Å². The summed E-state index contributed by atoms with van der Waals surface area (Å²) in [6, 6.07) is 5.68. The number of hydrogen-bond donors (Lipinski definition) is 2. The van der Waals surface area contributed by atoms with Gasteiger partial charge in [0.2, 0.25) is 0 Å². The molecule has 0 radical (unpaired) electrons. The lowest BCUT2D eigenvalue weighted by atomic mass is 10.1. The maximum Gasteiger partial charge on any atom is 0.321 e. The number of carboxylic acids is 1. The molecule has 3 rings (SSSR count). The Hall–Kier alpha value is -1.20. The Morgan fingerprint density at radius 3 is 3.18 bits per heavy atom. The van der Waals surface area contributed by atoms with Gasteiger partial charge >= 0.3 is 5.97 Å². The fraction of sp³-hybridized carbons (Fsp3) is 0.417. The molecule has 2 atom stereocenters. The van der Waals surface area contributed by atoms with Gasteiger partial charge in [-0.15, -0.1) is 11.8 Å². The van der Waals surface area contributed by atoms with Gasteiger partial charge in [-0.25, -0.2) is 0 Å². The Morgan fingerprint density at radius 2 is 2.41 bits per heavy atom. The van der Waals surface area contributed by atoms with Gasteiger partial charge in [-0.1, -0.05) is 6.07 Å². The molecule has 5 heteroatoms. The second-order valence-electron chi connectivity index (χ2n) is 4.24. The van der Waals surface area contributed by atoms with Crippen molar-refractivity contribution in [1.82, 2.24) is 5.32 Å². The summed E-state index contributed by atoms with van der Waals surface area (Å²) in [6.45, 7) is 0.752. The lowest BCUT2D eigenvalue weighted by molar-refractivity contribution is -0.138. The van der Waals surface area contributed by atoms with Crippen LogP contribution in [0.2, 0.25) is 0 Å². The molecule has 2 N–H and O–H groups in total. The number of rotatable bonds is 2. The van der Waals surface area contributed by atoms with Crippen LogP contribution in [0.25, 0.3) is 0 Å². The van der Waals surface area contributed by atoms with Crippen molar-refractivity contribution in [3.63, 3.8) is 0 Å². The van der Waals surface area contributed by atoms with Crippen molar-refractivity contribution >= 4 is 17.7 Å². The van der Waals surface area contributed by atoms with E-state index in [1.54, 1.807) is 11.8 Å². The van der Waals surface area contributed by atoms with Crippen LogP contribution >= 0.6 is 11.8 Å². The highest BCUT2D eigenvalue weighted by atomic mass is 32.2. The van der Waals surface area contributed by atoms with E-state index in [2.05, 4.69) is 11.4 Å². The van der Waals surface area contributed by atoms with Crippen LogP contribution in [0.5, 0.6) is 5.75 Å². The van der Waals surface area contributed by atoms with Crippen molar-refractivity contribution in [3.8, 4) is 5.75 Å². The summed E-state index contributed by atoms with van der Waals surface area (Å²) in [5.41, 5.74) is 2.37. The summed E-state index contributed by atoms with van der Waals surface area (Å²) in [4.78, 5) is 10.9. The van der Waals surface area contributed by atoms with Gasteiger partial charge in [0.25, 0.3) is 0 Å². The van der Waals surface area contributed by atoms with Gasteiger partial charge in [0.1, 0.15) is 11.8 Å². The Labute approximate surface area is 103 Å². The number of fused-ring (bicyclic) bond motifs is 1. The molecule has 0 spiro atoms. The van der Waals surface area contributed by atoms with Crippen molar-refractivity contribution in [1.29, 1.82) is 0 Å². The number of aliphatic carboxylic acids is 1. The molecule has 0 aromatic heterocycles. The molecule has 90 valence electrons. The van der Waals surface area contributed by atoms with Crippen LogP contribution < -0.4 is 10.1 Å². The predicted octanol–water partition coefficient (Wildman–Crippen LogP) is 1.41. The average molecular weight is 251 g/mol. The maximum atomic E-state index is 10.9. The first kappa shape index (κ1) is 10.9. The van der Waals surface area contributed by atoms with Crippen molar-refractivity contribution < 1.29 is 14.6 Å². The quantitative estimate of drug-likeness (QED) is 0.832. The highest BCUT2D eigenvalue weighted by molar-refractivity contribution is 7.99. The zero-order valence-corrected chi connectivity index (χ0v) is 10.00. The molecule has 0 amide bonds. The fourth-order valence-corrected chi connectivity index (χ4v) is 3.40. The Kier molecular flexibility index (Phi) is 2.72. The summed E-state index contributed by atoms with van der Waals surface area (Å²) in [5, 5.41) is 12.1. The first-order valence-corrected chi connectivity index (χ1v) is 6.65. The van der Waals surface area contributed by atoms with E-state index in [1.807, 2.05) is 12.1 Å². The average Bonchev–Trinajstić information content (AvgIpc) is 2.97. The van der Waals surface area contributed by atoms with Crippen LogP contribution in [-0.4, -0.2) is 29.5 Å². The molecule has 1 aromatic rings. The molecule has 0 bridgehead atoms. The van der Waals surface area contributed by atoms with Crippen LogP contribution in [0.1, 0.15) is 16.5 Å². The molecule has 2 heterocycles. The molecule has 4 nitrogen and oxygen atoms in total. The zero-order valence-electron chi connectivity index (χ0n) is 9.18. The maximum absolute atomic E-state index is 10.9. The monoisotopic (exact) mass is 251 g/mol. The summed E-state index contributed by atoms with van der Waals surface area (Å²) in [5.74, 6) is 0.809. The molecule has 1 unspecified atom stereocenters. The predicted molar refractivity (Wildman–Crippen MR) is 65.4 cm³/mol. The summed E-state index contributed by atoms with van der Waals surface area (Å²) in [6.07, 6.45) is 0.947. The summed E-state index contributed by atoms with van der Waals surface area (Å²) >= 11 is 1.64. The van der Waals surface area contributed by atoms with Crippen LogP contribution in [-0.2, 0) is 11.2 Å². The van der Waals surface area contributed by atoms with E-state index in [-0.39, 0.29) is 5.37 Å². The third-order valence-corrected chi connectivity index (χ3v) is 4.36. The van der Waals surface area contributed by atoms with E-state index < -0.39 is 12.0 Å². The normalized spacial score (nSPS) is 26.6. The number of carbonyl (C=O) groups is 1. The number of benzene rings is 1. The van der Waals surface area contributed by atoms with Gasteiger partial charge in [0, 0.05) is 12.2 Å². The Balaban J connectivity index is 1.79. The van der Waals surface area contributed by atoms with Crippen LogP contribution in [0, 0.1) is 0 Å². The number of nitrogens with one attached hydrogen (secondary N) is 1. The largest absolute Gasteiger partial charge is 0.493 e. The Morgan fingerprint density at radius 1 is 1.53 bits per heavy atom. The van der Waals surface area contributed by atoms with Gasteiger partial charge in [-0.3, -0.25) is 10.1 Å². The molecule has 0 saturated carbocycles. The molecule has 2 aliphatic rings. The van der Waals surface area contributed by atoms with Gasteiger partial charge in [0.15, 0.2) is 0 Å². The molecule has 2 aliphatic heterocycles. The van der Waals surface area contributed by atoms with E-state index in [0.717, 1.165) is 24.3 Å². The van der Waals surface area contributed by atoms with Crippen molar-refractivity contribution in [2.45, 2.75) is 17.8 Å². The van der Waals surface area contributed by atoms with Crippen molar-refractivity contribution in [3.05, 3.63) is 29.3 Å². The van der Waals surface area contributed by atoms with Crippen molar-refractivity contribution in [2.75, 3.05) is 12.4 Å². The highest BCUT2D eigenvalue weighted by Gasteiger charge is 2.30. The molecule has 0 aliphatic carbocycles. The van der Waals surface area contributed by atoms with E-state index >= 15 is 0 Å². The third-order valence-electron chi connectivity index (χ3n) is 3.10. The van der Waals surface area contributed by atoms with Gasteiger partial charge in [0.05, 0.1) is 12.0 Å². The fourth-order valence-electron chi connectivity index (χ4n) is 2.18. The molecular formula is C12H13NO3S. The topological polar surface area (TPSA) is 58.6 Å². The summed E-state index contributed by atoms with van der Waals surface area (Å²) < 4.78 is 5.45. The van der Waals surface area contributed by atoms with Gasteiger partial charge in [-0.05, 0) is 23.3 Å².